The molecule has 3 rings (SSSR count). The zero-order chi connectivity index (χ0) is 12.4. The maximum atomic E-state index is 4.55. The van der Waals surface area contributed by atoms with E-state index in [-0.39, 0.29) is 0 Å². The van der Waals surface area contributed by atoms with Crippen LogP contribution in [0.15, 0.2) is 30.7 Å². The van der Waals surface area contributed by atoms with E-state index in [1.807, 2.05) is 19.2 Å². The summed E-state index contributed by atoms with van der Waals surface area (Å²) >= 11 is 0. The molecule has 0 fully saturated rings. The van der Waals surface area contributed by atoms with Crippen LogP contribution in [0.5, 0.6) is 0 Å². The molecule has 92 valence electrons. The maximum Gasteiger partial charge on any atom is 0.115 e. The van der Waals surface area contributed by atoms with E-state index in [1.165, 1.54) is 11.3 Å². The SMILES string of the molecule is Cc1cccc(CN2CCc3ncncc3C2)n1. The highest BCUT2D eigenvalue weighted by molar-refractivity contribution is 5.19. The van der Waals surface area contributed by atoms with Crippen molar-refractivity contribution in [1.82, 2.24) is 19.9 Å². The first-order valence-electron chi connectivity index (χ1n) is 6.24. The van der Waals surface area contributed by atoms with Crippen LogP contribution in [0.1, 0.15) is 22.6 Å². The topological polar surface area (TPSA) is 41.9 Å². The molecule has 0 N–H and O–H groups in total. The number of hydrogen-bond acceptors (Lipinski definition) is 4. The molecule has 0 saturated carbocycles. The van der Waals surface area contributed by atoms with Crippen LogP contribution < -0.4 is 0 Å². The Morgan fingerprint density at radius 2 is 2.28 bits per heavy atom. The lowest BCUT2D eigenvalue weighted by molar-refractivity contribution is 0.240. The summed E-state index contributed by atoms with van der Waals surface area (Å²) in [4.78, 5) is 15.4. The summed E-state index contributed by atoms with van der Waals surface area (Å²) in [6.45, 7) is 4.89. The molecule has 4 nitrogen and oxygen atoms in total. The van der Waals surface area contributed by atoms with Gasteiger partial charge < -0.3 is 0 Å². The molecular weight excluding hydrogens is 224 g/mol. The summed E-state index contributed by atoms with van der Waals surface area (Å²) in [7, 11) is 0. The third kappa shape index (κ3) is 2.38. The molecule has 1 aliphatic heterocycles. The first kappa shape index (κ1) is 11.3. The number of aryl methyl sites for hydroxylation is 1. The summed E-state index contributed by atoms with van der Waals surface area (Å²) in [6, 6.07) is 6.19. The Bertz CT molecular complexity index is 553. The van der Waals surface area contributed by atoms with E-state index in [2.05, 4.69) is 32.0 Å². The van der Waals surface area contributed by atoms with Gasteiger partial charge in [0.2, 0.25) is 0 Å². The first-order valence-corrected chi connectivity index (χ1v) is 6.24. The summed E-state index contributed by atoms with van der Waals surface area (Å²) in [5.41, 5.74) is 4.65. The van der Waals surface area contributed by atoms with E-state index in [4.69, 9.17) is 0 Å². The molecular formula is C14H16N4. The van der Waals surface area contributed by atoms with Gasteiger partial charge in [-0.25, -0.2) is 9.97 Å². The van der Waals surface area contributed by atoms with Gasteiger partial charge in [-0.2, -0.15) is 0 Å². The van der Waals surface area contributed by atoms with Gasteiger partial charge in [0.05, 0.1) is 5.69 Å². The molecule has 0 saturated heterocycles. The van der Waals surface area contributed by atoms with Crippen molar-refractivity contribution in [2.24, 2.45) is 0 Å². The Kier molecular flexibility index (Phi) is 3.02. The second kappa shape index (κ2) is 4.82. The molecule has 0 atom stereocenters. The molecule has 0 spiro atoms. The molecule has 0 radical (unpaired) electrons. The van der Waals surface area contributed by atoms with Crippen molar-refractivity contribution in [2.75, 3.05) is 6.54 Å². The molecule has 3 heterocycles. The quantitative estimate of drug-likeness (QED) is 0.802. The number of aromatic nitrogens is 3. The number of fused-ring (bicyclic) bond motifs is 1. The zero-order valence-corrected chi connectivity index (χ0v) is 10.5. The molecule has 0 amide bonds. The molecule has 0 aliphatic carbocycles. The van der Waals surface area contributed by atoms with Gasteiger partial charge in [-0.3, -0.25) is 9.88 Å². The molecule has 4 heteroatoms. The van der Waals surface area contributed by atoms with Crippen LogP contribution in [0.4, 0.5) is 0 Å². The predicted molar refractivity (Wildman–Crippen MR) is 68.8 cm³/mol. The van der Waals surface area contributed by atoms with Crippen LogP contribution in [0.3, 0.4) is 0 Å². The maximum absolute atomic E-state index is 4.55. The van der Waals surface area contributed by atoms with E-state index in [1.54, 1.807) is 6.33 Å². The Labute approximate surface area is 107 Å². The minimum absolute atomic E-state index is 0.899. The van der Waals surface area contributed by atoms with Crippen molar-refractivity contribution in [1.29, 1.82) is 0 Å². The minimum Gasteiger partial charge on any atom is -0.293 e. The van der Waals surface area contributed by atoms with Crippen LogP contribution in [0, 0.1) is 6.92 Å². The fourth-order valence-electron chi connectivity index (χ4n) is 2.38. The highest BCUT2D eigenvalue weighted by atomic mass is 15.1. The van der Waals surface area contributed by atoms with Crippen LogP contribution in [-0.4, -0.2) is 26.4 Å². The molecule has 0 bridgehead atoms. The normalized spacial score (nSPS) is 15.4. The lowest BCUT2D eigenvalue weighted by atomic mass is 10.1. The Hall–Kier alpha value is -1.81. The van der Waals surface area contributed by atoms with Gasteiger partial charge in [-0.05, 0) is 19.1 Å². The fraction of sp³-hybridized carbons (Fsp3) is 0.357. The fourth-order valence-corrected chi connectivity index (χ4v) is 2.38. The summed E-state index contributed by atoms with van der Waals surface area (Å²) in [6.07, 6.45) is 4.57. The molecule has 1 aliphatic rings. The largest absolute Gasteiger partial charge is 0.293 e. The minimum atomic E-state index is 0.899. The van der Waals surface area contributed by atoms with Crippen molar-refractivity contribution >= 4 is 0 Å². The van der Waals surface area contributed by atoms with Gasteiger partial charge in [0.25, 0.3) is 0 Å². The Morgan fingerprint density at radius 3 is 3.17 bits per heavy atom. The van der Waals surface area contributed by atoms with Crippen molar-refractivity contribution in [3.8, 4) is 0 Å². The molecule has 0 aromatic carbocycles. The van der Waals surface area contributed by atoms with E-state index in [0.717, 1.165) is 37.4 Å². The van der Waals surface area contributed by atoms with Crippen molar-refractivity contribution in [3.63, 3.8) is 0 Å². The standard InChI is InChI=1S/C14H16N4/c1-11-3-2-4-13(17-11)9-18-6-5-14-12(8-18)7-15-10-16-14/h2-4,7,10H,5-6,8-9H2,1H3. The summed E-state index contributed by atoms with van der Waals surface area (Å²) in [5, 5.41) is 0. The molecule has 2 aromatic rings. The van der Waals surface area contributed by atoms with Crippen LogP contribution in [0.2, 0.25) is 0 Å². The van der Waals surface area contributed by atoms with Crippen LogP contribution in [0.25, 0.3) is 0 Å². The molecule has 18 heavy (non-hydrogen) atoms. The number of pyridine rings is 1. The summed E-state index contributed by atoms with van der Waals surface area (Å²) in [5.74, 6) is 0. The predicted octanol–water partition coefficient (Wildman–Crippen LogP) is 1.74. The lowest BCUT2D eigenvalue weighted by Crippen LogP contribution is -2.31. The average Bonchev–Trinajstić information content (AvgIpc) is 2.39. The van der Waals surface area contributed by atoms with Crippen LogP contribution >= 0.6 is 0 Å². The molecule has 2 aromatic heterocycles. The summed E-state index contributed by atoms with van der Waals surface area (Å²) < 4.78 is 0. The van der Waals surface area contributed by atoms with Gasteiger partial charge in [0.15, 0.2) is 0 Å². The van der Waals surface area contributed by atoms with E-state index in [9.17, 15) is 0 Å². The highest BCUT2D eigenvalue weighted by Gasteiger charge is 2.17. The number of hydrogen-bond donors (Lipinski definition) is 0. The van der Waals surface area contributed by atoms with Crippen molar-refractivity contribution in [3.05, 3.63) is 53.4 Å². The third-order valence-electron chi connectivity index (χ3n) is 3.27. The monoisotopic (exact) mass is 240 g/mol. The Morgan fingerprint density at radius 1 is 1.33 bits per heavy atom. The number of nitrogens with zero attached hydrogens (tertiary/aromatic N) is 4. The first-order chi connectivity index (χ1) is 8.81. The Balaban J connectivity index is 1.73. The second-order valence-electron chi connectivity index (χ2n) is 4.73. The molecule has 0 unspecified atom stereocenters. The van der Waals surface area contributed by atoms with E-state index >= 15 is 0 Å². The third-order valence-corrected chi connectivity index (χ3v) is 3.27. The van der Waals surface area contributed by atoms with Crippen molar-refractivity contribution in [2.45, 2.75) is 26.4 Å². The number of rotatable bonds is 2. The van der Waals surface area contributed by atoms with E-state index < -0.39 is 0 Å². The highest BCUT2D eigenvalue weighted by Crippen LogP contribution is 2.17. The van der Waals surface area contributed by atoms with Gasteiger partial charge in [-0.15, -0.1) is 0 Å². The van der Waals surface area contributed by atoms with Crippen molar-refractivity contribution < 1.29 is 0 Å². The zero-order valence-electron chi connectivity index (χ0n) is 10.5. The van der Waals surface area contributed by atoms with E-state index in [0.29, 0.717) is 0 Å². The smallest absolute Gasteiger partial charge is 0.115 e. The van der Waals surface area contributed by atoms with Gasteiger partial charge in [0, 0.05) is 49.2 Å². The average molecular weight is 240 g/mol. The second-order valence-corrected chi connectivity index (χ2v) is 4.73. The van der Waals surface area contributed by atoms with Gasteiger partial charge in [-0.1, -0.05) is 6.07 Å². The van der Waals surface area contributed by atoms with Crippen LogP contribution in [-0.2, 0) is 19.5 Å². The van der Waals surface area contributed by atoms with Gasteiger partial charge in [0.1, 0.15) is 6.33 Å². The van der Waals surface area contributed by atoms with Gasteiger partial charge >= 0.3 is 0 Å². The lowest BCUT2D eigenvalue weighted by Gasteiger charge is -2.27.